The number of alkyl halides is 1. The van der Waals surface area contributed by atoms with E-state index in [1.165, 1.54) is 25.3 Å². The number of anilines is 1. The van der Waals surface area contributed by atoms with Crippen molar-refractivity contribution in [3.8, 4) is 5.75 Å². The van der Waals surface area contributed by atoms with E-state index in [-0.39, 0.29) is 34.4 Å². The number of carbonyl (C=O) groups excluding carboxylic acids is 3. The van der Waals surface area contributed by atoms with E-state index in [2.05, 4.69) is 5.32 Å². The molecule has 4 heterocycles. The second-order valence-corrected chi connectivity index (χ2v) is 11.1. The molecule has 1 aromatic rings. The molecule has 0 bridgehead atoms. The van der Waals surface area contributed by atoms with Crippen molar-refractivity contribution in [2.45, 2.75) is 30.2 Å². The fourth-order valence-corrected chi connectivity index (χ4v) is 8.00. The minimum absolute atomic E-state index is 0.0333. The third-order valence-electron chi connectivity index (χ3n) is 7.88. The van der Waals surface area contributed by atoms with Crippen molar-refractivity contribution in [1.29, 1.82) is 0 Å². The maximum Gasteiger partial charge on any atom is 0.242 e. The minimum atomic E-state index is -1.52. The molecule has 1 aromatic carbocycles. The summed E-state index contributed by atoms with van der Waals surface area (Å²) in [5, 5.41) is 3.73. The van der Waals surface area contributed by atoms with E-state index < -0.39 is 59.3 Å². The second kappa shape index (κ2) is 7.83. The summed E-state index contributed by atoms with van der Waals surface area (Å²) in [7, 11) is 1.40. The number of nitrogens with one attached hydrogen (secondary N) is 1. The zero-order chi connectivity index (χ0) is 25.0. The van der Waals surface area contributed by atoms with Crippen LogP contribution in [0.5, 0.6) is 5.75 Å². The summed E-state index contributed by atoms with van der Waals surface area (Å²) in [6.07, 6.45) is 1.99. The van der Waals surface area contributed by atoms with E-state index in [0.717, 1.165) is 4.90 Å². The highest BCUT2D eigenvalue weighted by Crippen LogP contribution is 2.60. The predicted molar refractivity (Wildman–Crippen MR) is 129 cm³/mol. The summed E-state index contributed by atoms with van der Waals surface area (Å²) in [5.41, 5.74) is -1.36. The number of nitrogens with zero attached hydrogens (tertiary/aromatic N) is 2. The van der Waals surface area contributed by atoms with Gasteiger partial charge >= 0.3 is 0 Å². The van der Waals surface area contributed by atoms with Crippen LogP contribution in [0.3, 0.4) is 0 Å². The highest BCUT2D eigenvalue weighted by Gasteiger charge is 2.78. The van der Waals surface area contributed by atoms with Crippen molar-refractivity contribution in [3.05, 3.63) is 44.4 Å². The quantitative estimate of drug-likeness (QED) is 0.559. The van der Waals surface area contributed by atoms with E-state index in [4.69, 9.17) is 51.1 Å². The Hall–Kier alpha value is -1.84. The topological polar surface area (TPSA) is 79.0 Å². The van der Waals surface area contributed by atoms with Crippen molar-refractivity contribution in [1.82, 2.24) is 10.2 Å². The molecule has 184 valence electrons. The lowest BCUT2D eigenvalue weighted by atomic mass is 9.70. The Balaban J connectivity index is 1.52. The predicted octanol–water partition coefficient (Wildman–Crippen LogP) is 3.65. The molecular weight excluding hydrogens is 543 g/mol. The number of benzene rings is 1. The summed E-state index contributed by atoms with van der Waals surface area (Å²) in [5.74, 6) is -4.02. The van der Waals surface area contributed by atoms with Crippen molar-refractivity contribution >= 4 is 69.8 Å². The van der Waals surface area contributed by atoms with Crippen molar-refractivity contribution in [3.63, 3.8) is 0 Å². The number of imide groups is 1. The molecule has 0 radical (unpaired) electrons. The zero-order valence-electron chi connectivity index (χ0n) is 18.1. The molecular formula is C23H18Cl4FN3O4. The van der Waals surface area contributed by atoms with Crippen molar-refractivity contribution < 1.29 is 23.5 Å². The Morgan fingerprint density at radius 1 is 1.11 bits per heavy atom. The van der Waals surface area contributed by atoms with Crippen molar-refractivity contribution in [2.24, 2.45) is 17.8 Å². The maximum absolute atomic E-state index is 14.8. The third-order valence-corrected chi connectivity index (χ3v) is 9.02. The molecule has 4 fully saturated rings. The minimum Gasteiger partial charge on any atom is -0.494 e. The summed E-state index contributed by atoms with van der Waals surface area (Å²) < 4.78 is 19.9. The molecule has 3 amide bonds. The number of fused-ring (bicyclic) bond motifs is 7. The van der Waals surface area contributed by atoms with E-state index >= 15 is 0 Å². The number of ether oxygens (including phenoxy) is 1. The van der Waals surface area contributed by atoms with Gasteiger partial charge in [0.2, 0.25) is 17.7 Å². The van der Waals surface area contributed by atoms with E-state index in [1.54, 1.807) is 11.0 Å². The van der Waals surface area contributed by atoms with Crippen LogP contribution in [0.4, 0.5) is 10.1 Å². The average Bonchev–Trinajstić information content (AvgIpc) is 3.44. The van der Waals surface area contributed by atoms with Crippen molar-refractivity contribution in [2.75, 3.05) is 18.6 Å². The summed E-state index contributed by atoms with van der Waals surface area (Å²) >= 11 is 25.3. The molecule has 0 saturated carbocycles. The molecule has 12 heteroatoms. The molecule has 6 rings (SSSR count). The summed E-state index contributed by atoms with van der Waals surface area (Å²) in [6.45, 7) is -0.0676. The van der Waals surface area contributed by atoms with Crippen LogP contribution in [0.2, 0.25) is 10.0 Å². The summed E-state index contributed by atoms with van der Waals surface area (Å²) in [6, 6.07) is 1.55. The lowest BCUT2D eigenvalue weighted by molar-refractivity contribution is -0.137. The highest BCUT2D eigenvalue weighted by atomic mass is 35.5. The lowest BCUT2D eigenvalue weighted by Gasteiger charge is -2.40. The molecule has 1 spiro atoms. The van der Waals surface area contributed by atoms with Gasteiger partial charge in [0, 0.05) is 28.6 Å². The molecule has 4 saturated heterocycles. The van der Waals surface area contributed by atoms with Crippen LogP contribution in [0, 0.1) is 17.8 Å². The van der Waals surface area contributed by atoms with Gasteiger partial charge in [-0.05, 0) is 24.6 Å². The molecule has 35 heavy (non-hydrogen) atoms. The summed E-state index contributed by atoms with van der Waals surface area (Å²) in [4.78, 5) is 44.2. The van der Waals surface area contributed by atoms with Gasteiger partial charge in [-0.3, -0.25) is 19.3 Å². The van der Waals surface area contributed by atoms with Gasteiger partial charge in [-0.25, -0.2) is 9.29 Å². The number of methoxy groups -OCH3 is 1. The van der Waals surface area contributed by atoms with Crippen LogP contribution in [0.25, 0.3) is 0 Å². The monoisotopic (exact) mass is 559 g/mol. The molecule has 5 aliphatic rings. The SMILES string of the molecule is COc1c(Cl)cc(N2C(=O)C3C4C[C@H](F)CN4C4(C(=O)NC5C(Cl)=CC(Cl)=CC54)C3C2=O)cc1Cl. The Kier molecular flexibility index (Phi) is 5.27. The molecule has 4 aliphatic heterocycles. The van der Waals surface area contributed by atoms with E-state index in [0.29, 0.717) is 10.1 Å². The fraction of sp³-hybridized carbons (Fsp3) is 0.435. The number of rotatable bonds is 2. The van der Waals surface area contributed by atoms with Crippen LogP contribution in [-0.4, -0.2) is 60.1 Å². The second-order valence-electron chi connectivity index (χ2n) is 9.39. The highest BCUT2D eigenvalue weighted by molar-refractivity contribution is 6.38. The van der Waals surface area contributed by atoms with Gasteiger partial charge in [-0.15, -0.1) is 0 Å². The number of allylic oxidation sites excluding steroid dienone is 2. The lowest BCUT2D eigenvalue weighted by Crippen LogP contribution is -2.60. The fourth-order valence-electron chi connectivity index (χ4n) is 6.75. The van der Waals surface area contributed by atoms with Crippen LogP contribution in [0.15, 0.2) is 34.3 Å². The maximum atomic E-state index is 14.8. The zero-order valence-corrected chi connectivity index (χ0v) is 21.1. The number of carbonyl (C=O) groups is 3. The average molecular weight is 561 g/mol. The Morgan fingerprint density at radius 2 is 1.80 bits per heavy atom. The largest absolute Gasteiger partial charge is 0.494 e. The van der Waals surface area contributed by atoms with Gasteiger partial charge in [0.25, 0.3) is 0 Å². The molecule has 0 aromatic heterocycles. The van der Waals surface area contributed by atoms with Crippen LogP contribution >= 0.6 is 46.4 Å². The van der Waals surface area contributed by atoms with E-state index in [9.17, 15) is 18.8 Å². The first-order chi connectivity index (χ1) is 16.6. The van der Waals surface area contributed by atoms with Crippen LogP contribution in [-0.2, 0) is 14.4 Å². The molecule has 7 nitrogen and oxygen atoms in total. The first-order valence-corrected chi connectivity index (χ1v) is 12.5. The van der Waals surface area contributed by atoms with Gasteiger partial charge in [-0.2, -0.15) is 0 Å². The smallest absolute Gasteiger partial charge is 0.242 e. The number of hydrogen-bond acceptors (Lipinski definition) is 5. The normalized spacial score (nSPS) is 37.9. The molecule has 7 atom stereocenters. The molecule has 1 N–H and O–H groups in total. The number of halogens is 5. The standard InChI is InChI=1S/C23H18Cl4FN3O4/c1-35-19-13(26)5-10(6-14(19)27)31-20(32)16-15-4-9(28)7-30(15)23(17(16)21(31)33)11-2-8(24)3-12(25)18(11)29-22(23)34/h2-3,5-6,9,11,15-18H,4,7H2,1H3,(H,29,34)/t9-,11?,15?,16?,17?,18?,23?/m0/s1. The van der Waals surface area contributed by atoms with Gasteiger partial charge in [0.1, 0.15) is 11.7 Å². The van der Waals surface area contributed by atoms with Gasteiger partial charge in [-0.1, -0.05) is 52.5 Å². The molecule has 6 unspecified atom stereocenters. The van der Waals surface area contributed by atoms with Gasteiger partial charge in [0.15, 0.2) is 5.75 Å². The first kappa shape index (κ1) is 23.6. The first-order valence-electron chi connectivity index (χ1n) is 11.0. The Labute approximate surface area is 219 Å². The number of amides is 3. The van der Waals surface area contributed by atoms with Crippen LogP contribution < -0.4 is 15.0 Å². The van der Waals surface area contributed by atoms with Gasteiger partial charge in [0.05, 0.1) is 40.7 Å². The van der Waals surface area contributed by atoms with E-state index in [1.807, 2.05) is 0 Å². The number of hydrogen-bond donors (Lipinski definition) is 1. The van der Waals surface area contributed by atoms with Gasteiger partial charge < -0.3 is 10.1 Å². The molecule has 1 aliphatic carbocycles. The van der Waals surface area contributed by atoms with Crippen LogP contribution in [0.1, 0.15) is 6.42 Å². The Morgan fingerprint density at radius 3 is 2.46 bits per heavy atom. The third kappa shape index (κ3) is 2.92. The Bertz CT molecular complexity index is 1250.